The van der Waals surface area contributed by atoms with Gasteiger partial charge in [-0.2, -0.15) is 0 Å². The highest BCUT2D eigenvalue weighted by molar-refractivity contribution is 7.99. The predicted octanol–water partition coefficient (Wildman–Crippen LogP) is 16.1. The van der Waals surface area contributed by atoms with Crippen molar-refractivity contribution in [2.45, 2.75) is 15.2 Å². The van der Waals surface area contributed by atoms with Gasteiger partial charge in [-0.15, -0.1) is 0 Å². The summed E-state index contributed by atoms with van der Waals surface area (Å²) in [7, 11) is 0. The summed E-state index contributed by atoms with van der Waals surface area (Å²) in [5, 5.41) is 2.42. The first-order chi connectivity index (χ1) is 30.3. The van der Waals surface area contributed by atoms with E-state index in [4.69, 9.17) is 0 Å². The first kappa shape index (κ1) is 35.5. The Morgan fingerprint density at radius 3 is 1.52 bits per heavy atom. The first-order valence-electron chi connectivity index (χ1n) is 21.0. The topological polar surface area (TPSA) is 3.24 Å². The summed E-state index contributed by atoms with van der Waals surface area (Å²) in [6.45, 7) is 0. The minimum absolute atomic E-state index is 0.522. The number of rotatable bonds is 6. The number of anilines is 3. The van der Waals surface area contributed by atoms with E-state index in [9.17, 15) is 0 Å². The van der Waals surface area contributed by atoms with Gasteiger partial charge in [-0.25, -0.2) is 0 Å². The van der Waals surface area contributed by atoms with Crippen molar-refractivity contribution in [1.82, 2.24) is 0 Å². The molecule has 10 aromatic carbocycles. The van der Waals surface area contributed by atoms with Crippen molar-refractivity contribution in [1.29, 1.82) is 0 Å². The molecule has 0 aromatic heterocycles. The van der Waals surface area contributed by atoms with Crippen molar-refractivity contribution in [3.05, 3.63) is 259 Å². The van der Waals surface area contributed by atoms with Gasteiger partial charge in [0.05, 0.1) is 16.8 Å². The van der Waals surface area contributed by atoms with Gasteiger partial charge in [-0.3, -0.25) is 0 Å². The van der Waals surface area contributed by atoms with Crippen LogP contribution in [0.1, 0.15) is 22.3 Å². The van der Waals surface area contributed by atoms with E-state index in [1.54, 1.807) is 0 Å². The van der Waals surface area contributed by atoms with Crippen molar-refractivity contribution < 1.29 is 0 Å². The lowest BCUT2D eigenvalue weighted by Gasteiger charge is -2.42. The molecule has 1 nitrogen and oxygen atoms in total. The highest BCUT2D eigenvalue weighted by Gasteiger charge is 2.51. The predicted molar refractivity (Wildman–Crippen MR) is 256 cm³/mol. The summed E-state index contributed by atoms with van der Waals surface area (Å²) >= 11 is 1.91. The van der Waals surface area contributed by atoms with E-state index in [0.29, 0.717) is 0 Å². The Kier molecular flexibility index (Phi) is 8.40. The molecule has 0 bridgehead atoms. The molecular weight excluding hydrogens is 755 g/mol. The van der Waals surface area contributed by atoms with Gasteiger partial charge >= 0.3 is 0 Å². The van der Waals surface area contributed by atoms with Crippen LogP contribution in [0.25, 0.3) is 55.3 Å². The second-order valence-corrected chi connectivity index (χ2v) is 17.0. The highest BCUT2D eigenvalue weighted by atomic mass is 32.2. The normalized spacial score (nSPS) is 13.0. The summed E-state index contributed by atoms with van der Waals surface area (Å²) in [6.07, 6.45) is 0. The third-order valence-corrected chi connectivity index (χ3v) is 13.9. The second-order valence-electron chi connectivity index (χ2n) is 16.0. The summed E-state index contributed by atoms with van der Waals surface area (Å²) in [5.41, 5.74) is 17.9. The van der Waals surface area contributed by atoms with Crippen LogP contribution in [0.2, 0.25) is 0 Å². The molecule has 1 spiro atoms. The average Bonchev–Trinajstić information content (AvgIpc) is 3.63. The van der Waals surface area contributed by atoms with Crippen molar-refractivity contribution in [3.63, 3.8) is 0 Å². The molecule has 0 saturated heterocycles. The minimum Gasteiger partial charge on any atom is -0.308 e. The molecule has 2 heteroatoms. The standard InChI is InChI=1S/C59H39NS/c1-4-18-40(19-5-1)42-32-35-46(36-33-42)60(55-37-34-44(41-20-6-2-7-21-41)38-50(55)43-22-8-3-9-23-43)57-47-25-11-10-24-45(47)39-54-58(57)61-56-31-17-16-30-53(56)59(54)51-28-14-12-26-48(51)49-27-13-15-29-52(49)59/h1-39H. The van der Waals surface area contributed by atoms with Gasteiger partial charge in [-0.05, 0) is 103 Å². The lowest BCUT2D eigenvalue weighted by Crippen LogP contribution is -2.32. The summed E-state index contributed by atoms with van der Waals surface area (Å²) < 4.78 is 0. The molecule has 0 saturated carbocycles. The Labute approximate surface area is 361 Å². The van der Waals surface area contributed by atoms with Gasteiger partial charge in [-0.1, -0.05) is 212 Å². The molecule has 1 heterocycles. The maximum Gasteiger partial charge on any atom is 0.0736 e. The Hall–Kier alpha value is -7.39. The molecule has 10 aromatic rings. The van der Waals surface area contributed by atoms with E-state index in [1.807, 2.05) is 11.8 Å². The van der Waals surface area contributed by atoms with Crippen LogP contribution in [0.5, 0.6) is 0 Å². The lowest BCUT2D eigenvalue weighted by molar-refractivity contribution is 0.724. The van der Waals surface area contributed by atoms with Crippen molar-refractivity contribution in [2.75, 3.05) is 4.90 Å². The maximum atomic E-state index is 2.56. The lowest BCUT2D eigenvalue weighted by atomic mass is 9.67. The van der Waals surface area contributed by atoms with Crippen molar-refractivity contribution in [3.8, 4) is 44.5 Å². The second kappa shape index (κ2) is 14.4. The zero-order chi connectivity index (χ0) is 40.3. The molecule has 61 heavy (non-hydrogen) atoms. The fourth-order valence-corrected chi connectivity index (χ4v) is 11.4. The molecule has 0 amide bonds. The van der Waals surface area contributed by atoms with E-state index in [2.05, 4.69) is 241 Å². The van der Waals surface area contributed by atoms with Crippen LogP contribution in [0, 0.1) is 0 Å². The number of hydrogen-bond donors (Lipinski definition) is 0. The van der Waals surface area contributed by atoms with Gasteiger partial charge in [0.1, 0.15) is 0 Å². The van der Waals surface area contributed by atoms with Crippen LogP contribution < -0.4 is 4.90 Å². The fraction of sp³-hybridized carbons (Fsp3) is 0.0169. The Balaban J connectivity index is 1.21. The monoisotopic (exact) mass is 793 g/mol. The molecule has 1 aliphatic carbocycles. The van der Waals surface area contributed by atoms with Crippen LogP contribution in [0.4, 0.5) is 17.1 Å². The third-order valence-electron chi connectivity index (χ3n) is 12.7. The molecule has 0 atom stereocenters. The van der Waals surface area contributed by atoms with E-state index in [-0.39, 0.29) is 0 Å². The zero-order valence-electron chi connectivity index (χ0n) is 33.4. The molecule has 0 fully saturated rings. The molecular formula is C59H39NS. The molecule has 12 rings (SSSR count). The highest BCUT2D eigenvalue weighted by Crippen LogP contribution is 2.65. The molecule has 1 aliphatic heterocycles. The molecule has 0 unspecified atom stereocenters. The van der Waals surface area contributed by atoms with E-state index < -0.39 is 5.41 Å². The molecule has 0 N–H and O–H groups in total. The summed E-state index contributed by atoms with van der Waals surface area (Å²) in [4.78, 5) is 5.11. The van der Waals surface area contributed by atoms with Crippen LogP contribution in [-0.2, 0) is 5.41 Å². The average molecular weight is 794 g/mol. The molecule has 0 radical (unpaired) electrons. The smallest absolute Gasteiger partial charge is 0.0736 e. The number of nitrogens with zero attached hydrogens (tertiary/aromatic N) is 1. The molecule has 2 aliphatic rings. The third kappa shape index (κ3) is 5.57. The Morgan fingerprint density at radius 1 is 0.344 bits per heavy atom. The van der Waals surface area contributed by atoms with Gasteiger partial charge < -0.3 is 4.90 Å². The largest absolute Gasteiger partial charge is 0.308 e. The number of fused-ring (bicyclic) bond motifs is 10. The van der Waals surface area contributed by atoms with Gasteiger partial charge in [0.2, 0.25) is 0 Å². The molecule has 286 valence electrons. The van der Waals surface area contributed by atoms with Gasteiger partial charge in [0, 0.05) is 26.4 Å². The van der Waals surface area contributed by atoms with Gasteiger partial charge in [0.25, 0.3) is 0 Å². The summed E-state index contributed by atoms with van der Waals surface area (Å²) in [6, 6.07) is 87.4. The van der Waals surface area contributed by atoms with Gasteiger partial charge in [0.15, 0.2) is 0 Å². The first-order valence-corrected chi connectivity index (χ1v) is 21.8. The van der Waals surface area contributed by atoms with Crippen molar-refractivity contribution in [2.24, 2.45) is 0 Å². The Bertz CT molecular complexity index is 3220. The Morgan fingerprint density at radius 2 is 0.852 bits per heavy atom. The zero-order valence-corrected chi connectivity index (χ0v) is 34.2. The van der Waals surface area contributed by atoms with E-state index in [1.165, 1.54) is 93.0 Å². The van der Waals surface area contributed by atoms with E-state index in [0.717, 1.165) is 11.4 Å². The van der Waals surface area contributed by atoms with Crippen LogP contribution >= 0.6 is 11.8 Å². The number of benzene rings is 10. The van der Waals surface area contributed by atoms with Crippen LogP contribution in [0.3, 0.4) is 0 Å². The quantitative estimate of drug-likeness (QED) is 0.165. The fourth-order valence-electron chi connectivity index (χ4n) is 10.1. The number of hydrogen-bond acceptors (Lipinski definition) is 2. The van der Waals surface area contributed by atoms with E-state index >= 15 is 0 Å². The SMILES string of the molecule is c1ccc(-c2ccc(N(c3ccc(-c4ccccc4)cc3-c3ccccc3)c3c4c(cc5ccccc35)C3(c5ccccc5S4)c4ccccc4-c4ccccc43)cc2)cc1. The minimum atomic E-state index is -0.522. The van der Waals surface area contributed by atoms with Crippen LogP contribution in [-0.4, -0.2) is 0 Å². The summed E-state index contributed by atoms with van der Waals surface area (Å²) in [5.74, 6) is 0. The van der Waals surface area contributed by atoms with Crippen LogP contribution in [0.15, 0.2) is 246 Å². The maximum absolute atomic E-state index is 2.56. The van der Waals surface area contributed by atoms with Crippen molar-refractivity contribution >= 4 is 39.6 Å².